The first kappa shape index (κ1) is 50.2. The number of fused-ring (bicyclic) bond motifs is 2. The van der Waals surface area contributed by atoms with E-state index in [0.29, 0.717) is 12.8 Å². The average molecular weight is 924 g/mol. The lowest BCUT2D eigenvalue weighted by atomic mass is 9.98. The van der Waals surface area contributed by atoms with Gasteiger partial charge in [-0.1, -0.05) is 125 Å². The van der Waals surface area contributed by atoms with Gasteiger partial charge in [0.15, 0.2) is 0 Å². The van der Waals surface area contributed by atoms with Gasteiger partial charge in [0, 0.05) is 53.5 Å². The molecular weight excluding hydrogens is 859 g/mol. The number of nitrogens with two attached hydrogens (primary N) is 1. The number of primary amides is 1. The molecule has 0 saturated heterocycles. The lowest BCUT2D eigenvalue weighted by Gasteiger charge is -2.28. The number of rotatable bonds is 24. The number of amides is 6. The van der Waals surface area contributed by atoms with Gasteiger partial charge in [-0.05, 0) is 72.5 Å². The van der Waals surface area contributed by atoms with Crippen LogP contribution < -0.4 is 37.6 Å². The number of carbonyl (C=O) groups excluding carboxylic acids is 6. The quantitative estimate of drug-likeness (QED) is 0.0421. The van der Waals surface area contributed by atoms with Gasteiger partial charge in [0.25, 0.3) is 0 Å². The molecule has 15 heteroatoms. The van der Waals surface area contributed by atoms with E-state index in [4.69, 9.17) is 5.73 Å². The third-order valence-corrected chi connectivity index (χ3v) is 12.0. The number of aromatic amines is 2. The number of likely N-dealkylation sites (N-methyl/N-ethyl adjacent to an activating group) is 1. The molecule has 0 aliphatic carbocycles. The third kappa shape index (κ3) is 13.9. The van der Waals surface area contributed by atoms with Crippen molar-refractivity contribution in [1.82, 2.24) is 41.9 Å². The fourth-order valence-electron chi connectivity index (χ4n) is 8.48. The Bertz CT molecular complexity index is 2640. The highest BCUT2D eigenvalue weighted by Crippen LogP contribution is 2.22. The molecule has 0 saturated carbocycles. The van der Waals surface area contributed by atoms with Crippen LogP contribution in [0.5, 0.6) is 0 Å². The predicted octanol–water partition coefficient (Wildman–Crippen LogP) is 4.51. The average Bonchev–Trinajstić information content (AvgIpc) is 3.93. The van der Waals surface area contributed by atoms with E-state index in [1.54, 1.807) is 13.2 Å². The number of para-hydroxylation sites is 2. The molecule has 15 nitrogen and oxygen atoms in total. The molecular formula is C53H65N9O6. The molecule has 10 N–H and O–H groups in total. The Morgan fingerprint density at radius 2 is 0.779 bits per heavy atom. The van der Waals surface area contributed by atoms with Crippen LogP contribution in [0.4, 0.5) is 0 Å². The first-order valence-electron chi connectivity index (χ1n) is 23.3. The molecule has 0 aliphatic heterocycles. The summed E-state index contributed by atoms with van der Waals surface area (Å²) in [6.45, 7) is 7.63. The summed E-state index contributed by atoms with van der Waals surface area (Å²) in [5.74, 6) is -3.56. The van der Waals surface area contributed by atoms with Crippen molar-refractivity contribution in [2.75, 3.05) is 7.05 Å². The fourth-order valence-corrected chi connectivity index (χ4v) is 8.48. The number of H-pyrrole nitrogens is 2. The molecule has 4 aromatic carbocycles. The first-order valence-corrected chi connectivity index (χ1v) is 23.3. The fraction of sp³-hybridized carbons (Fsp3) is 0.358. The molecule has 0 fully saturated rings. The maximum atomic E-state index is 14.9. The summed E-state index contributed by atoms with van der Waals surface area (Å²) in [5.41, 5.74) is 10.6. The molecule has 68 heavy (non-hydrogen) atoms. The highest BCUT2D eigenvalue weighted by molar-refractivity contribution is 5.97. The molecule has 0 radical (unpaired) electrons. The zero-order valence-corrected chi connectivity index (χ0v) is 39.4. The van der Waals surface area contributed by atoms with Crippen LogP contribution in [-0.2, 0) is 54.5 Å². The molecule has 2 aromatic heterocycles. The topological polar surface area (TPSA) is 232 Å². The van der Waals surface area contributed by atoms with Gasteiger partial charge >= 0.3 is 0 Å². The van der Waals surface area contributed by atoms with Crippen LogP contribution in [0.3, 0.4) is 0 Å². The van der Waals surface area contributed by atoms with Crippen LogP contribution in [0.15, 0.2) is 122 Å². The van der Waals surface area contributed by atoms with Crippen LogP contribution in [0.25, 0.3) is 21.8 Å². The molecule has 6 atom stereocenters. The van der Waals surface area contributed by atoms with Crippen molar-refractivity contribution in [1.29, 1.82) is 0 Å². The Morgan fingerprint density at radius 1 is 0.441 bits per heavy atom. The van der Waals surface area contributed by atoms with E-state index in [0.717, 1.165) is 44.1 Å². The second-order valence-electron chi connectivity index (χ2n) is 18.3. The number of hydrogen-bond donors (Lipinski definition) is 9. The van der Waals surface area contributed by atoms with E-state index in [1.165, 1.54) is 0 Å². The molecule has 358 valence electrons. The molecule has 0 unspecified atom stereocenters. The first-order chi connectivity index (χ1) is 32.7. The highest BCUT2D eigenvalue weighted by atomic mass is 16.2. The van der Waals surface area contributed by atoms with Crippen molar-refractivity contribution < 1.29 is 28.8 Å². The van der Waals surface area contributed by atoms with Crippen LogP contribution in [0.1, 0.15) is 62.8 Å². The Hall–Kier alpha value is -7.26. The van der Waals surface area contributed by atoms with Crippen LogP contribution >= 0.6 is 0 Å². The molecule has 2 heterocycles. The van der Waals surface area contributed by atoms with E-state index < -0.39 is 71.7 Å². The summed E-state index contributed by atoms with van der Waals surface area (Å²) in [7, 11) is 1.69. The summed E-state index contributed by atoms with van der Waals surface area (Å²) >= 11 is 0. The van der Waals surface area contributed by atoms with Gasteiger partial charge in [-0.3, -0.25) is 28.8 Å². The zero-order valence-electron chi connectivity index (χ0n) is 39.4. The number of hydrogen-bond acceptors (Lipinski definition) is 7. The van der Waals surface area contributed by atoms with Gasteiger partial charge in [-0.2, -0.15) is 0 Å². The highest BCUT2D eigenvalue weighted by Gasteiger charge is 2.34. The molecule has 6 amide bonds. The standard InChI is InChI=1S/C53H65N9O6/c1-32(2)24-42(48(54)63)58-50(65)44(25-33(3)4)59-52(67)47(29-37-31-57-41-23-15-13-21-39(37)41)62-51(66)45(27-35-18-10-7-11-19-35)60-53(68)46(28-36-30-56-40-22-14-12-20-38(36)40)61-49(64)43(55-5)26-34-16-8-6-9-17-34/h6-23,30-33,42-47,55-57H,24-29H2,1-5H3,(H2,54,63)(H,58,65)(H,59,67)(H,60,68)(H,61,64)(H,62,66)/t42-,43-,44-,45-,46-,47-/m1/s1. The van der Waals surface area contributed by atoms with Crippen molar-refractivity contribution in [3.63, 3.8) is 0 Å². The largest absolute Gasteiger partial charge is 0.368 e. The monoisotopic (exact) mass is 924 g/mol. The van der Waals surface area contributed by atoms with E-state index in [9.17, 15) is 28.8 Å². The summed E-state index contributed by atoms with van der Waals surface area (Å²) in [6, 6.07) is 27.7. The van der Waals surface area contributed by atoms with Crippen molar-refractivity contribution in [2.24, 2.45) is 17.6 Å². The minimum Gasteiger partial charge on any atom is -0.368 e. The van der Waals surface area contributed by atoms with Gasteiger partial charge in [-0.15, -0.1) is 0 Å². The van der Waals surface area contributed by atoms with E-state index in [2.05, 4.69) is 41.9 Å². The van der Waals surface area contributed by atoms with Crippen LogP contribution in [0, 0.1) is 11.8 Å². The number of carbonyl (C=O) groups is 6. The van der Waals surface area contributed by atoms with Crippen molar-refractivity contribution in [2.45, 2.75) is 102 Å². The van der Waals surface area contributed by atoms with E-state index >= 15 is 0 Å². The second-order valence-corrected chi connectivity index (χ2v) is 18.3. The van der Waals surface area contributed by atoms with Gasteiger partial charge in [0.2, 0.25) is 35.4 Å². The van der Waals surface area contributed by atoms with E-state index in [-0.39, 0.29) is 37.5 Å². The maximum Gasteiger partial charge on any atom is 0.243 e. The molecule has 0 aliphatic rings. The Kier molecular flexibility index (Phi) is 17.7. The minimum atomic E-state index is -1.24. The number of benzene rings is 4. The second kappa shape index (κ2) is 24.0. The maximum absolute atomic E-state index is 14.9. The van der Waals surface area contributed by atoms with Gasteiger partial charge in [0.05, 0.1) is 6.04 Å². The normalized spacial score (nSPS) is 14.1. The van der Waals surface area contributed by atoms with Gasteiger partial charge < -0.3 is 47.6 Å². The Balaban J connectivity index is 1.31. The van der Waals surface area contributed by atoms with Crippen molar-refractivity contribution >= 4 is 57.2 Å². The van der Waals surface area contributed by atoms with Crippen molar-refractivity contribution in [3.8, 4) is 0 Å². The number of nitrogens with one attached hydrogen (secondary N) is 8. The lowest BCUT2D eigenvalue weighted by molar-refractivity contribution is -0.135. The smallest absolute Gasteiger partial charge is 0.243 e. The Morgan fingerprint density at radius 3 is 1.21 bits per heavy atom. The molecule has 0 spiro atoms. The minimum absolute atomic E-state index is 0.0208. The molecule has 6 rings (SSSR count). The van der Waals surface area contributed by atoms with Crippen molar-refractivity contribution in [3.05, 3.63) is 144 Å². The zero-order chi connectivity index (χ0) is 48.7. The lowest BCUT2D eigenvalue weighted by Crippen LogP contribution is -2.60. The molecule has 0 bridgehead atoms. The van der Waals surface area contributed by atoms with Gasteiger partial charge in [-0.25, -0.2) is 0 Å². The summed E-state index contributed by atoms with van der Waals surface area (Å²) in [6.07, 6.45) is 4.66. The van der Waals surface area contributed by atoms with Crippen LogP contribution in [0.2, 0.25) is 0 Å². The Labute approximate surface area is 397 Å². The van der Waals surface area contributed by atoms with E-state index in [1.807, 2.05) is 143 Å². The summed E-state index contributed by atoms with van der Waals surface area (Å²) < 4.78 is 0. The molecule has 6 aromatic rings. The SMILES string of the molecule is CN[C@H](Cc1ccccc1)C(=O)N[C@H](Cc1c[nH]c2ccccc12)C(=O)N[C@H](Cc1ccccc1)C(=O)N[C@H](Cc1c[nH]c2ccccc12)C(=O)N[C@H](CC(C)C)C(=O)N[C@H](CC(C)C)C(N)=O. The summed E-state index contributed by atoms with van der Waals surface area (Å²) in [5, 5.41) is 19.3. The number of aromatic nitrogens is 2. The van der Waals surface area contributed by atoms with Gasteiger partial charge in [0.1, 0.15) is 30.2 Å². The predicted molar refractivity (Wildman–Crippen MR) is 265 cm³/mol. The van der Waals surface area contributed by atoms with Crippen LogP contribution in [-0.4, -0.2) is 88.7 Å². The summed E-state index contributed by atoms with van der Waals surface area (Å²) in [4.78, 5) is 91.0. The third-order valence-electron chi connectivity index (χ3n) is 12.0.